The number of hydrogen-bond acceptors (Lipinski definition) is 4. The number of rotatable bonds is 3. The maximum atomic E-state index is 13.4. The van der Waals surface area contributed by atoms with Crippen LogP contribution in [0.4, 0.5) is 0 Å². The lowest BCUT2D eigenvalue weighted by Gasteiger charge is -2.29. The van der Waals surface area contributed by atoms with E-state index in [1.807, 2.05) is 36.4 Å². The Morgan fingerprint density at radius 2 is 1.46 bits per heavy atom. The lowest BCUT2D eigenvalue weighted by molar-refractivity contribution is -0.0231. The minimum Gasteiger partial charge on any atom is -0.420 e. The van der Waals surface area contributed by atoms with E-state index in [1.165, 1.54) is 0 Å². The molecule has 1 aliphatic heterocycles. The summed E-state index contributed by atoms with van der Waals surface area (Å²) in [7, 11) is -3.71. The number of aliphatic hydroxyl groups excluding tert-OH is 1. The monoisotopic (exact) mass is 338 g/mol. The Labute approximate surface area is 139 Å². The van der Waals surface area contributed by atoms with Crippen molar-refractivity contribution in [3.63, 3.8) is 0 Å². The summed E-state index contributed by atoms with van der Waals surface area (Å²) in [6, 6.07) is 23.4. The van der Waals surface area contributed by atoms with Crippen molar-refractivity contribution in [2.24, 2.45) is 0 Å². The highest BCUT2D eigenvalue weighted by molar-refractivity contribution is 7.63. The third-order valence-electron chi connectivity index (χ3n) is 3.92. The van der Waals surface area contributed by atoms with Crippen molar-refractivity contribution < 1.29 is 18.7 Å². The van der Waals surface area contributed by atoms with E-state index < -0.39 is 13.9 Å². The second-order valence-electron chi connectivity index (χ2n) is 5.47. The molecular weight excluding hydrogens is 323 g/mol. The lowest BCUT2D eigenvalue weighted by Crippen LogP contribution is -2.20. The Morgan fingerprint density at radius 3 is 2.25 bits per heavy atom. The number of benzene rings is 3. The molecule has 1 N–H and O–H groups in total. The Balaban J connectivity index is 1.77. The van der Waals surface area contributed by atoms with E-state index in [1.54, 1.807) is 42.5 Å². The van der Waals surface area contributed by atoms with Crippen molar-refractivity contribution in [1.82, 2.24) is 0 Å². The van der Waals surface area contributed by atoms with Crippen LogP contribution in [0.1, 0.15) is 11.9 Å². The molecule has 1 aliphatic rings. The lowest BCUT2D eigenvalue weighted by atomic mass is 10.0. The summed E-state index contributed by atoms with van der Waals surface area (Å²) in [6.45, 7) is 0. The molecule has 3 aromatic carbocycles. The Bertz CT molecular complexity index is 923. The van der Waals surface area contributed by atoms with Gasteiger partial charge in [0.05, 0.1) is 5.30 Å². The van der Waals surface area contributed by atoms with Crippen LogP contribution in [0, 0.1) is 0 Å². The van der Waals surface area contributed by atoms with Crippen LogP contribution in [0.5, 0.6) is 5.75 Å². The van der Waals surface area contributed by atoms with Crippen molar-refractivity contribution in [3.05, 3.63) is 84.4 Å². The number of hydrogen-bond donors (Lipinski definition) is 1. The molecule has 2 unspecified atom stereocenters. The van der Waals surface area contributed by atoms with Gasteiger partial charge in [-0.25, -0.2) is 4.57 Å². The SMILES string of the molecule is O=P1(OC(O)c2ccccc2)Oc2ccccc2-c2ccccc21. The fourth-order valence-corrected chi connectivity index (χ4v) is 4.59. The molecule has 5 heteroatoms. The molecule has 3 aromatic rings. The van der Waals surface area contributed by atoms with Crippen molar-refractivity contribution >= 4 is 12.9 Å². The highest BCUT2D eigenvalue weighted by Crippen LogP contribution is 2.57. The summed E-state index contributed by atoms with van der Waals surface area (Å²) in [6.07, 6.45) is -1.34. The fraction of sp³-hybridized carbons (Fsp3) is 0.0526. The Morgan fingerprint density at radius 1 is 0.833 bits per heavy atom. The average Bonchev–Trinajstić information content (AvgIpc) is 2.62. The van der Waals surface area contributed by atoms with Gasteiger partial charge in [-0.2, -0.15) is 0 Å². The van der Waals surface area contributed by atoms with Gasteiger partial charge in [-0.05, 0) is 12.1 Å². The van der Waals surface area contributed by atoms with Crippen molar-refractivity contribution in [2.75, 3.05) is 0 Å². The standard InChI is InChI=1S/C19H15O4P/c20-19(14-8-2-1-3-9-14)23-24(21)18-13-7-5-11-16(18)15-10-4-6-12-17(15)22-24/h1-13,19-20H. The first-order valence-electron chi connectivity index (χ1n) is 7.57. The van der Waals surface area contributed by atoms with Crippen LogP contribution in [-0.4, -0.2) is 5.11 Å². The fourth-order valence-electron chi connectivity index (χ4n) is 2.78. The topological polar surface area (TPSA) is 55.8 Å². The zero-order chi connectivity index (χ0) is 16.6. The zero-order valence-electron chi connectivity index (χ0n) is 12.7. The largest absolute Gasteiger partial charge is 0.420 e. The zero-order valence-corrected chi connectivity index (χ0v) is 13.6. The van der Waals surface area contributed by atoms with Gasteiger partial charge in [-0.1, -0.05) is 66.7 Å². The molecule has 24 heavy (non-hydrogen) atoms. The molecular formula is C19H15O4P. The third kappa shape index (κ3) is 2.55. The highest BCUT2D eigenvalue weighted by Gasteiger charge is 2.39. The van der Waals surface area contributed by atoms with E-state index in [-0.39, 0.29) is 0 Å². The molecule has 0 aliphatic carbocycles. The van der Waals surface area contributed by atoms with Crippen LogP contribution in [0.15, 0.2) is 78.9 Å². The first-order valence-corrected chi connectivity index (χ1v) is 9.12. The molecule has 0 radical (unpaired) electrons. The van der Waals surface area contributed by atoms with E-state index >= 15 is 0 Å². The van der Waals surface area contributed by atoms with E-state index in [9.17, 15) is 9.67 Å². The van der Waals surface area contributed by atoms with E-state index in [0.29, 0.717) is 16.6 Å². The van der Waals surface area contributed by atoms with Crippen LogP contribution in [0.2, 0.25) is 0 Å². The summed E-state index contributed by atoms with van der Waals surface area (Å²) in [4.78, 5) is 0. The van der Waals surface area contributed by atoms with Crippen molar-refractivity contribution in [1.29, 1.82) is 0 Å². The molecule has 120 valence electrons. The minimum atomic E-state index is -3.71. The molecule has 4 rings (SSSR count). The van der Waals surface area contributed by atoms with Crippen LogP contribution in [-0.2, 0) is 9.09 Å². The van der Waals surface area contributed by atoms with Gasteiger partial charge in [0.1, 0.15) is 5.75 Å². The van der Waals surface area contributed by atoms with Gasteiger partial charge >= 0.3 is 7.60 Å². The van der Waals surface area contributed by atoms with Gasteiger partial charge < -0.3 is 9.63 Å². The molecule has 0 saturated carbocycles. The van der Waals surface area contributed by atoms with E-state index in [0.717, 1.165) is 11.1 Å². The first-order chi connectivity index (χ1) is 11.7. The van der Waals surface area contributed by atoms with Gasteiger partial charge in [-0.15, -0.1) is 0 Å². The molecule has 1 heterocycles. The first kappa shape index (κ1) is 15.2. The summed E-state index contributed by atoms with van der Waals surface area (Å²) >= 11 is 0. The number of aliphatic hydroxyl groups is 1. The van der Waals surface area contributed by atoms with Gasteiger partial charge in [0.15, 0.2) is 6.29 Å². The van der Waals surface area contributed by atoms with Crippen LogP contribution in [0.25, 0.3) is 11.1 Å². The third-order valence-corrected chi connectivity index (χ3v) is 5.81. The quantitative estimate of drug-likeness (QED) is 0.572. The van der Waals surface area contributed by atoms with Crippen molar-refractivity contribution in [3.8, 4) is 16.9 Å². The summed E-state index contributed by atoms with van der Waals surface area (Å²) in [5.41, 5.74) is 2.17. The van der Waals surface area contributed by atoms with E-state index in [4.69, 9.17) is 9.05 Å². The predicted molar refractivity (Wildman–Crippen MR) is 92.2 cm³/mol. The van der Waals surface area contributed by atoms with Gasteiger partial charge in [0, 0.05) is 16.7 Å². The minimum absolute atomic E-state index is 0.457. The van der Waals surface area contributed by atoms with Crippen LogP contribution >= 0.6 is 7.60 Å². The summed E-state index contributed by atoms with van der Waals surface area (Å²) < 4.78 is 24.6. The molecule has 0 bridgehead atoms. The van der Waals surface area contributed by atoms with Gasteiger partial charge in [0.25, 0.3) is 0 Å². The molecule has 0 spiro atoms. The predicted octanol–water partition coefficient (Wildman–Crippen LogP) is 4.27. The highest BCUT2D eigenvalue weighted by atomic mass is 31.2. The van der Waals surface area contributed by atoms with Crippen LogP contribution < -0.4 is 9.83 Å². The Hall–Kier alpha value is -2.39. The number of para-hydroxylation sites is 1. The second-order valence-corrected chi connectivity index (χ2v) is 7.34. The summed E-state index contributed by atoms with van der Waals surface area (Å²) in [5, 5.41) is 10.8. The normalized spacial score (nSPS) is 19.7. The smallest absolute Gasteiger partial charge is 0.413 e. The van der Waals surface area contributed by atoms with Crippen molar-refractivity contribution in [2.45, 2.75) is 6.29 Å². The number of fused-ring (bicyclic) bond motifs is 3. The molecule has 0 fully saturated rings. The van der Waals surface area contributed by atoms with Gasteiger partial charge in [0.2, 0.25) is 0 Å². The molecule has 0 saturated heterocycles. The maximum absolute atomic E-state index is 13.4. The Kier molecular flexibility index (Phi) is 3.73. The maximum Gasteiger partial charge on any atom is 0.413 e. The summed E-state index contributed by atoms with van der Waals surface area (Å²) in [5.74, 6) is 0.486. The van der Waals surface area contributed by atoms with E-state index in [2.05, 4.69) is 0 Å². The molecule has 0 amide bonds. The van der Waals surface area contributed by atoms with Gasteiger partial charge in [-0.3, -0.25) is 4.52 Å². The molecule has 0 aromatic heterocycles. The average molecular weight is 338 g/mol. The second kappa shape index (κ2) is 5.91. The van der Waals surface area contributed by atoms with Crippen LogP contribution in [0.3, 0.4) is 0 Å². The molecule has 4 nitrogen and oxygen atoms in total. The molecule has 2 atom stereocenters.